The van der Waals surface area contributed by atoms with Gasteiger partial charge in [0.1, 0.15) is 12.1 Å². The predicted octanol–water partition coefficient (Wildman–Crippen LogP) is 6.09. The normalized spacial score (nSPS) is 14.4. The van der Waals surface area contributed by atoms with Crippen molar-refractivity contribution in [3.63, 3.8) is 0 Å². The minimum Gasteiger partial charge on any atom is -0.406 e. The first kappa shape index (κ1) is 29.8. The van der Waals surface area contributed by atoms with E-state index in [1.54, 1.807) is 0 Å². The van der Waals surface area contributed by atoms with E-state index in [1.165, 1.54) is 51.9 Å². The van der Waals surface area contributed by atoms with Crippen LogP contribution in [0.1, 0.15) is 23.6 Å². The van der Waals surface area contributed by atoms with E-state index in [0.29, 0.717) is 29.6 Å². The van der Waals surface area contributed by atoms with Crippen molar-refractivity contribution in [2.75, 3.05) is 17.2 Å². The molecule has 13 heteroatoms. The van der Waals surface area contributed by atoms with E-state index in [-0.39, 0.29) is 17.4 Å². The third-order valence-electron chi connectivity index (χ3n) is 6.55. The molecule has 1 saturated heterocycles. The van der Waals surface area contributed by atoms with Gasteiger partial charge in [0.25, 0.3) is 0 Å². The van der Waals surface area contributed by atoms with Crippen LogP contribution in [-0.4, -0.2) is 50.5 Å². The summed E-state index contributed by atoms with van der Waals surface area (Å²) < 4.78 is 42.5. The zero-order valence-corrected chi connectivity index (χ0v) is 24.1. The van der Waals surface area contributed by atoms with Gasteiger partial charge in [0.05, 0.1) is 17.1 Å². The molecule has 2 heterocycles. The largest absolute Gasteiger partial charge is 0.573 e. The number of benzene rings is 3. The highest BCUT2D eigenvalue weighted by Crippen LogP contribution is 2.31. The number of nitrogens with one attached hydrogen (secondary N) is 1. The number of amidine groups is 1. The Morgan fingerprint density at radius 3 is 2.53 bits per heavy atom. The van der Waals surface area contributed by atoms with Gasteiger partial charge in [-0.25, -0.2) is 14.5 Å². The van der Waals surface area contributed by atoms with E-state index < -0.39 is 12.4 Å². The zero-order valence-electron chi connectivity index (χ0n) is 23.3. The first-order valence-electron chi connectivity index (χ1n) is 13.4. The summed E-state index contributed by atoms with van der Waals surface area (Å²) in [7, 11) is 0. The van der Waals surface area contributed by atoms with Gasteiger partial charge >= 0.3 is 12.4 Å². The van der Waals surface area contributed by atoms with Crippen LogP contribution in [0.2, 0.25) is 0 Å². The van der Waals surface area contributed by atoms with E-state index in [0.717, 1.165) is 34.4 Å². The number of alkyl halides is 3. The molecule has 0 radical (unpaired) electrons. The average molecular weight is 609 g/mol. The van der Waals surface area contributed by atoms with Crippen LogP contribution >= 0.6 is 11.8 Å². The van der Waals surface area contributed by atoms with E-state index in [1.807, 2.05) is 56.3 Å². The number of rotatable bonds is 8. The van der Waals surface area contributed by atoms with Gasteiger partial charge in [0, 0.05) is 12.1 Å². The van der Waals surface area contributed by atoms with Crippen molar-refractivity contribution >= 4 is 34.6 Å². The number of aryl methyl sites for hydroxylation is 2. The van der Waals surface area contributed by atoms with Crippen molar-refractivity contribution in [2.24, 2.45) is 4.99 Å². The van der Waals surface area contributed by atoms with Crippen molar-refractivity contribution in [3.05, 3.63) is 89.7 Å². The maximum Gasteiger partial charge on any atom is 0.573 e. The number of ether oxygens (including phenoxy) is 1. The second kappa shape index (κ2) is 12.7. The highest BCUT2D eigenvalue weighted by atomic mass is 32.2. The van der Waals surface area contributed by atoms with E-state index in [2.05, 4.69) is 25.1 Å². The molecule has 0 aliphatic carbocycles. The number of hydrogen-bond donors (Lipinski definition) is 1. The van der Waals surface area contributed by atoms with Gasteiger partial charge in [-0.05, 0) is 66.8 Å². The van der Waals surface area contributed by atoms with Gasteiger partial charge in [-0.3, -0.25) is 9.69 Å². The van der Waals surface area contributed by atoms with Crippen LogP contribution in [0.4, 0.5) is 23.7 Å². The average Bonchev–Trinajstić information content (AvgIpc) is 3.60. The molecular weight excluding hydrogens is 581 g/mol. The molecule has 3 aromatic carbocycles. The number of nitrogens with zero attached hydrogens (tertiary/aromatic N) is 5. The maximum atomic E-state index is 12.6. The number of urea groups is 1. The molecule has 43 heavy (non-hydrogen) atoms. The van der Waals surface area contributed by atoms with Crippen LogP contribution in [-0.2, 0) is 17.6 Å². The van der Waals surface area contributed by atoms with E-state index in [9.17, 15) is 22.8 Å². The highest BCUT2D eigenvalue weighted by molar-refractivity contribution is 8.15. The standard InChI is InChI=1S/C30H27F3N6O3S/c1-3-21-7-4-19(2)16-25(21)39-26(40)17-43-29(39)36-28(41)34-15-14-20-5-8-22(9-6-20)27-35-18-38(37-27)23-10-12-24(13-11-23)42-30(31,32)33/h4-13,16,18H,3,14-15,17H2,1-2H3,(H,34,41). The molecule has 3 amide bonds. The number of hydrogen-bond acceptors (Lipinski definition) is 6. The van der Waals surface area contributed by atoms with Gasteiger partial charge in [-0.2, -0.15) is 4.99 Å². The number of aromatic nitrogens is 3. The molecule has 1 aromatic heterocycles. The number of halogens is 3. The van der Waals surface area contributed by atoms with E-state index >= 15 is 0 Å². The maximum absolute atomic E-state index is 12.6. The van der Waals surface area contributed by atoms with Crippen LogP contribution in [0.25, 0.3) is 17.1 Å². The summed E-state index contributed by atoms with van der Waals surface area (Å²) in [5, 5.41) is 7.57. The molecule has 0 atom stereocenters. The molecule has 4 aromatic rings. The fraction of sp³-hybridized carbons (Fsp3) is 0.233. The highest BCUT2D eigenvalue weighted by Gasteiger charge is 2.32. The van der Waals surface area contributed by atoms with Crippen LogP contribution in [0, 0.1) is 6.92 Å². The molecule has 0 bridgehead atoms. The number of amides is 3. The minimum atomic E-state index is -4.76. The first-order chi connectivity index (χ1) is 20.6. The Kier molecular flexibility index (Phi) is 8.81. The molecule has 9 nitrogen and oxygen atoms in total. The number of aliphatic imine (C=N–C) groups is 1. The van der Waals surface area contributed by atoms with Crippen LogP contribution in [0.5, 0.6) is 5.75 Å². The summed E-state index contributed by atoms with van der Waals surface area (Å²) in [4.78, 5) is 35.3. The Labute approximate surface area is 249 Å². The molecule has 1 aliphatic heterocycles. The fourth-order valence-electron chi connectivity index (χ4n) is 4.44. The number of thioether (sulfide) groups is 1. The van der Waals surface area contributed by atoms with Crippen LogP contribution in [0.3, 0.4) is 0 Å². The van der Waals surface area contributed by atoms with Gasteiger partial charge in [-0.15, -0.1) is 18.3 Å². The van der Waals surface area contributed by atoms with Crippen molar-refractivity contribution < 1.29 is 27.5 Å². The molecule has 1 N–H and O–H groups in total. The Hall–Kier alpha value is -4.65. The summed E-state index contributed by atoms with van der Waals surface area (Å²) in [6.45, 7) is 4.32. The van der Waals surface area contributed by atoms with Crippen molar-refractivity contribution in [3.8, 4) is 22.8 Å². The van der Waals surface area contributed by atoms with Gasteiger partial charge < -0.3 is 10.1 Å². The summed E-state index contributed by atoms with van der Waals surface area (Å²) >= 11 is 1.24. The Morgan fingerprint density at radius 2 is 1.84 bits per heavy atom. The molecule has 1 aliphatic rings. The lowest BCUT2D eigenvalue weighted by atomic mass is 10.1. The Morgan fingerprint density at radius 1 is 1.09 bits per heavy atom. The minimum absolute atomic E-state index is 0.107. The van der Waals surface area contributed by atoms with Crippen LogP contribution < -0.4 is 15.0 Å². The van der Waals surface area contributed by atoms with Crippen LogP contribution in [0.15, 0.2) is 78.0 Å². The molecule has 0 spiro atoms. The second-order valence-corrected chi connectivity index (χ2v) is 10.6. The van der Waals surface area contributed by atoms with Crippen molar-refractivity contribution in [2.45, 2.75) is 33.1 Å². The lowest BCUT2D eigenvalue weighted by Gasteiger charge is -2.20. The summed E-state index contributed by atoms with van der Waals surface area (Å²) in [6, 6.07) is 18.2. The summed E-state index contributed by atoms with van der Waals surface area (Å²) in [5.74, 6) is 0.244. The Bertz CT molecular complexity index is 1650. The molecule has 0 saturated carbocycles. The van der Waals surface area contributed by atoms with Gasteiger partial charge in [-0.1, -0.05) is 55.1 Å². The lowest BCUT2D eigenvalue weighted by molar-refractivity contribution is -0.274. The molecule has 1 fully saturated rings. The third kappa shape index (κ3) is 7.41. The topological polar surface area (TPSA) is 102 Å². The quantitative estimate of drug-likeness (QED) is 0.260. The number of anilines is 1. The SMILES string of the molecule is CCc1ccc(C)cc1N1C(=O)CSC1=NC(=O)NCCc1ccc(-c2ncn(-c3ccc(OC(F)(F)F)cc3)n2)cc1. The molecule has 222 valence electrons. The fourth-order valence-corrected chi connectivity index (χ4v) is 5.30. The second-order valence-electron chi connectivity index (χ2n) is 9.63. The Balaban J connectivity index is 1.17. The number of carbonyl (C=O) groups is 2. The predicted molar refractivity (Wildman–Crippen MR) is 159 cm³/mol. The van der Waals surface area contributed by atoms with E-state index in [4.69, 9.17) is 0 Å². The monoisotopic (exact) mass is 608 g/mol. The number of carbonyl (C=O) groups excluding carboxylic acids is 2. The third-order valence-corrected chi connectivity index (χ3v) is 7.48. The smallest absolute Gasteiger partial charge is 0.406 e. The molecule has 5 rings (SSSR count). The van der Waals surface area contributed by atoms with Gasteiger partial charge in [0.15, 0.2) is 11.0 Å². The van der Waals surface area contributed by atoms with Gasteiger partial charge in [0.2, 0.25) is 5.91 Å². The van der Waals surface area contributed by atoms with Crippen molar-refractivity contribution in [1.82, 2.24) is 20.1 Å². The summed E-state index contributed by atoms with van der Waals surface area (Å²) in [5.41, 5.74) is 5.03. The molecule has 0 unspecified atom stereocenters. The first-order valence-corrected chi connectivity index (χ1v) is 14.4. The summed E-state index contributed by atoms with van der Waals surface area (Å²) in [6.07, 6.45) is -1.98. The molecular formula is C30H27F3N6O3S. The van der Waals surface area contributed by atoms with Crippen molar-refractivity contribution in [1.29, 1.82) is 0 Å². The zero-order chi connectivity index (χ0) is 30.6. The lowest BCUT2D eigenvalue weighted by Crippen LogP contribution is -2.32.